The maximum Gasteiger partial charge on any atom is 0.416 e. The molecule has 176 valence electrons. The Morgan fingerprint density at radius 2 is 2.03 bits per heavy atom. The normalized spacial score (nSPS) is 22.1. The highest BCUT2D eigenvalue weighted by molar-refractivity contribution is 7.09. The Hall–Kier alpha value is -2.75. The van der Waals surface area contributed by atoms with Gasteiger partial charge in [0.25, 0.3) is 0 Å². The number of aryl methyl sites for hydroxylation is 1. The number of benzene rings is 1. The highest BCUT2D eigenvalue weighted by Gasteiger charge is 2.57. The smallest absolute Gasteiger partial charge is 0.337 e. The maximum absolute atomic E-state index is 13.5. The Morgan fingerprint density at radius 1 is 1.33 bits per heavy atom. The number of rotatable bonds is 6. The van der Waals surface area contributed by atoms with E-state index < -0.39 is 41.3 Å². The zero-order chi connectivity index (χ0) is 24.1. The average Bonchev–Trinajstić information content (AvgIpc) is 3.44. The van der Waals surface area contributed by atoms with Gasteiger partial charge < -0.3 is 4.90 Å². The summed E-state index contributed by atoms with van der Waals surface area (Å²) < 4.78 is 40.2. The van der Waals surface area contributed by atoms with Crippen molar-refractivity contribution in [3.05, 3.63) is 51.5 Å². The van der Waals surface area contributed by atoms with Gasteiger partial charge in [-0.25, -0.2) is 4.98 Å². The van der Waals surface area contributed by atoms with Crippen molar-refractivity contribution in [3.63, 3.8) is 0 Å². The van der Waals surface area contributed by atoms with E-state index >= 15 is 0 Å². The van der Waals surface area contributed by atoms with Crippen LogP contribution in [0.25, 0.3) is 0 Å². The summed E-state index contributed by atoms with van der Waals surface area (Å²) in [6, 6.07) is 3.80. The van der Waals surface area contributed by atoms with Crippen LogP contribution in [0.4, 0.5) is 13.2 Å². The van der Waals surface area contributed by atoms with E-state index in [0.717, 1.165) is 22.7 Å². The molecule has 1 aliphatic heterocycles. The molecule has 0 unspecified atom stereocenters. The van der Waals surface area contributed by atoms with Crippen LogP contribution in [0.1, 0.15) is 60.5 Å². The van der Waals surface area contributed by atoms with Gasteiger partial charge in [-0.3, -0.25) is 19.3 Å². The van der Waals surface area contributed by atoms with E-state index in [1.54, 1.807) is 14.0 Å². The first-order valence-corrected chi connectivity index (χ1v) is 11.5. The number of halogens is 3. The number of imide groups is 1. The summed E-state index contributed by atoms with van der Waals surface area (Å²) >= 11 is 1.40. The van der Waals surface area contributed by atoms with Gasteiger partial charge in [-0.15, -0.1) is 11.3 Å². The molecule has 3 amide bonds. The number of carbonyl (C=O) groups excluding carboxylic acids is 3. The van der Waals surface area contributed by atoms with Crippen LogP contribution >= 0.6 is 11.3 Å². The molecule has 2 heterocycles. The van der Waals surface area contributed by atoms with Crippen LogP contribution in [0.3, 0.4) is 0 Å². The molecule has 2 atom stereocenters. The van der Waals surface area contributed by atoms with Gasteiger partial charge in [0.05, 0.1) is 17.0 Å². The SMILES string of the molecule is Cc1csc([C@@H](C)N(C)C(=O)C[C@@]2(c3cccc(C(F)(F)F)c3)CC(=O)N(C3CC3)C2=O)n1. The molecule has 1 saturated heterocycles. The Kier molecular flexibility index (Phi) is 5.84. The highest BCUT2D eigenvalue weighted by Crippen LogP contribution is 2.45. The number of likely N-dealkylation sites (tertiary alicyclic amines) is 1. The van der Waals surface area contributed by atoms with Gasteiger partial charge in [0.2, 0.25) is 17.7 Å². The van der Waals surface area contributed by atoms with Gasteiger partial charge in [0.15, 0.2) is 0 Å². The summed E-state index contributed by atoms with van der Waals surface area (Å²) in [4.78, 5) is 46.6. The number of amides is 3. The maximum atomic E-state index is 13.5. The van der Waals surface area contributed by atoms with E-state index in [-0.39, 0.29) is 24.1 Å². The first kappa shape index (κ1) is 23.4. The van der Waals surface area contributed by atoms with Crippen molar-refractivity contribution in [1.82, 2.24) is 14.8 Å². The summed E-state index contributed by atoms with van der Waals surface area (Å²) in [7, 11) is 1.57. The zero-order valence-electron chi connectivity index (χ0n) is 18.5. The topological polar surface area (TPSA) is 70.6 Å². The molecule has 0 bridgehead atoms. The average molecular weight is 480 g/mol. The minimum absolute atomic E-state index is 0.0401. The van der Waals surface area contributed by atoms with Crippen molar-refractivity contribution in [2.75, 3.05) is 7.05 Å². The second-order valence-corrected chi connectivity index (χ2v) is 9.71. The number of nitrogens with zero attached hydrogens (tertiary/aromatic N) is 3. The predicted octanol–water partition coefficient (Wildman–Crippen LogP) is 4.24. The molecule has 1 aromatic carbocycles. The van der Waals surface area contributed by atoms with Crippen molar-refractivity contribution < 1.29 is 27.6 Å². The van der Waals surface area contributed by atoms with Crippen LogP contribution in [-0.2, 0) is 26.0 Å². The molecule has 0 radical (unpaired) electrons. The van der Waals surface area contributed by atoms with Crippen LogP contribution in [0.2, 0.25) is 0 Å². The standard InChI is InChI=1S/C23H24F3N3O3S/c1-13-12-33-20(27-13)14(2)28(3)18(30)10-22(11-19(31)29(21(22)32)17-7-8-17)15-5-4-6-16(9-15)23(24,25)26/h4-6,9,12,14,17H,7-8,10-11H2,1-3H3/t14-,22+/m1/s1. The third kappa shape index (κ3) is 4.28. The van der Waals surface area contributed by atoms with Crippen LogP contribution < -0.4 is 0 Å². The fourth-order valence-electron chi connectivity index (χ4n) is 4.25. The van der Waals surface area contributed by atoms with Gasteiger partial charge in [-0.2, -0.15) is 13.2 Å². The van der Waals surface area contributed by atoms with Gasteiger partial charge in [-0.1, -0.05) is 18.2 Å². The molecule has 4 rings (SSSR count). The summed E-state index contributed by atoms with van der Waals surface area (Å²) in [6.07, 6.45) is -3.99. The first-order valence-electron chi connectivity index (χ1n) is 10.7. The summed E-state index contributed by atoms with van der Waals surface area (Å²) in [6.45, 7) is 3.64. The van der Waals surface area contributed by atoms with Crippen molar-refractivity contribution in [2.45, 2.75) is 63.2 Å². The summed E-state index contributed by atoms with van der Waals surface area (Å²) in [5.41, 5.74) is -1.72. The van der Waals surface area contributed by atoms with Gasteiger partial charge in [-0.05, 0) is 38.3 Å². The lowest BCUT2D eigenvalue weighted by atomic mass is 9.75. The van der Waals surface area contributed by atoms with E-state index in [2.05, 4.69) is 4.98 Å². The van der Waals surface area contributed by atoms with E-state index in [4.69, 9.17) is 0 Å². The van der Waals surface area contributed by atoms with E-state index in [1.807, 2.05) is 12.3 Å². The zero-order valence-corrected chi connectivity index (χ0v) is 19.3. The van der Waals surface area contributed by atoms with Crippen LogP contribution in [-0.4, -0.2) is 45.6 Å². The lowest BCUT2D eigenvalue weighted by molar-refractivity contribution is -0.143. The molecule has 10 heteroatoms. The van der Waals surface area contributed by atoms with Crippen molar-refractivity contribution in [3.8, 4) is 0 Å². The molecule has 6 nitrogen and oxygen atoms in total. The number of hydrogen-bond donors (Lipinski definition) is 0. The lowest BCUT2D eigenvalue weighted by Gasteiger charge is -2.31. The van der Waals surface area contributed by atoms with Crippen LogP contribution in [0.5, 0.6) is 0 Å². The van der Waals surface area contributed by atoms with Crippen LogP contribution in [0, 0.1) is 6.92 Å². The molecule has 2 aromatic rings. The number of hydrogen-bond acceptors (Lipinski definition) is 5. The second-order valence-electron chi connectivity index (χ2n) is 8.82. The third-order valence-electron chi connectivity index (χ3n) is 6.43. The van der Waals surface area contributed by atoms with Crippen LogP contribution in [0.15, 0.2) is 29.6 Å². The molecule has 0 N–H and O–H groups in total. The first-order chi connectivity index (χ1) is 15.4. The van der Waals surface area contributed by atoms with E-state index in [9.17, 15) is 27.6 Å². The largest absolute Gasteiger partial charge is 0.416 e. The summed E-state index contributed by atoms with van der Waals surface area (Å²) in [5, 5.41) is 2.57. The number of thiazole rings is 1. The second kappa shape index (κ2) is 8.23. The minimum atomic E-state index is -4.61. The molecule has 2 fully saturated rings. The number of aromatic nitrogens is 1. The Balaban J connectivity index is 1.70. The third-order valence-corrected chi connectivity index (χ3v) is 7.56. The molecular formula is C23H24F3N3O3S. The van der Waals surface area contributed by atoms with E-state index in [0.29, 0.717) is 17.8 Å². The van der Waals surface area contributed by atoms with Crippen molar-refractivity contribution in [1.29, 1.82) is 0 Å². The number of carbonyl (C=O) groups is 3. The lowest BCUT2D eigenvalue weighted by Crippen LogP contribution is -2.43. The van der Waals surface area contributed by atoms with Gasteiger partial charge in [0.1, 0.15) is 5.01 Å². The Morgan fingerprint density at radius 3 is 2.61 bits per heavy atom. The molecule has 1 aliphatic carbocycles. The van der Waals surface area contributed by atoms with Gasteiger partial charge >= 0.3 is 6.18 Å². The molecule has 33 heavy (non-hydrogen) atoms. The highest BCUT2D eigenvalue weighted by atomic mass is 32.1. The molecule has 1 aromatic heterocycles. The Labute approximate surface area is 193 Å². The molecular weight excluding hydrogens is 455 g/mol. The number of alkyl halides is 3. The predicted molar refractivity (Wildman–Crippen MR) is 115 cm³/mol. The van der Waals surface area contributed by atoms with Crippen molar-refractivity contribution >= 4 is 29.1 Å². The fourth-order valence-corrected chi connectivity index (χ4v) is 5.15. The van der Waals surface area contributed by atoms with Crippen molar-refractivity contribution in [2.24, 2.45) is 0 Å². The van der Waals surface area contributed by atoms with E-state index in [1.165, 1.54) is 28.4 Å². The molecule has 2 aliphatic rings. The monoisotopic (exact) mass is 479 g/mol. The summed E-state index contributed by atoms with van der Waals surface area (Å²) in [5.74, 6) is -1.47. The quantitative estimate of drug-likeness (QED) is 0.581. The minimum Gasteiger partial charge on any atom is -0.337 e. The Bertz CT molecular complexity index is 1110. The molecule has 0 spiro atoms. The fraction of sp³-hybridized carbons (Fsp3) is 0.478. The molecule has 1 saturated carbocycles. The van der Waals surface area contributed by atoms with Gasteiger partial charge in [0, 0.05) is 37.0 Å².